The summed E-state index contributed by atoms with van der Waals surface area (Å²) in [6.45, 7) is 0.469. The van der Waals surface area contributed by atoms with Gasteiger partial charge in [-0.1, -0.05) is 28.1 Å². The quantitative estimate of drug-likeness (QED) is 0.782. The Kier molecular flexibility index (Phi) is 5.33. The molecule has 1 amide bonds. The molecule has 0 aliphatic carbocycles. The minimum Gasteiger partial charge on any atom is -0.465 e. The Hall–Kier alpha value is -2.14. The number of hydrogen-bond acceptors (Lipinski definition) is 3. The van der Waals surface area contributed by atoms with Crippen LogP contribution in [-0.4, -0.2) is 30.9 Å². The van der Waals surface area contributed by atoms with E-state index in [1.165, 1.54) is 7.11 Å². The standard InChI is InChI=1S/C17H16BrNO3/c1-19(16(20)13-7-9-15(18)10-8-13)11-12-3-5-14(6-4-12)17(21)22-2/h3-10H,11H2,1-2H3. The summed E-state index contributed by atoms with van der Waals surface area (Å²) in [7, 11) is 3.10. The first-order valence-electron chi connectivity index (χ1n) is 6.69. The van der Waals surface area contributed by atoms with Crippen LogP contribution in [0.15, 0.2) is 53.0 Å². The number of halogens is 1. The summed E-state index contributed by atoms with van der Waals surface area (Å²) in [5, 5.41) is 0. The van der Waals surface area contributed by atoms with Gasteiger partial charge in [0.05, 0.1) is 12.7 Å². The minimum atomic E-state index is -0.370. The van der Waals surface area contributed by atoms with Gasteiger partial charge in [0.25, 0.3) is 5.91 Å². The van der Waals surface area contributed by atoms with Crippen molar-refractivity contribution in [3.8, 4) is 0 Å². The molecule has 0 unspecified atom stereocenters. The summed E-state index contributed by atoms with van der Waals surface area (Å²) in [6.07, 6.45) is 0. The Morgan fingerprint density at radius 2 is 1.55 bits per heavy atom. The highest BCUT2D eigenvalue weighted by molar-refractivity contribution is 9.10. The van der Waals surface area contributed by atoms with Crippen molar-refractivity contribution in [1.82, 2.24) is 4.90 Å². The molecule has 2 aromatic carbocycles. The van der Waals surface area contributed by atoms with Crippen LogP contribution in [0.1, 0.15) is 26.3 Å². The van der Waals surface area contributed by atoms with Gasteiger partial charge >= 0.3 is 5.97 Å². The zero-order valence-electron chi connectivity index (χ0n) is 12.4. The van der Waals surface area contributed by atoms with E-state index >= 15 is 0 Å². The van der Waals surface area contributed by atoms with Crippen molar-refractivity contribution in [2.75, 3.05) is 14.2 Å². The molecule has 0 N–H and O–H groups in total. The first-order valence-corrected chi connectivity index (χ1v) is 7.49. The van der Waals surface area contributed by atoms with Crippen molar-refractivity contribution in [3.05, 3.63) is 69.7 Å². The van der Waals surface area contributed by atoms with Gasteiger partial charge in [-0.25, -0.2) is 4.79 Å². The van der Waals surface area contributed by atoms with Crippen molar-refractivity contribution in [2.45, 2.75) is 6.54 Å². The third kappa shape index (κ3) is 3.95. The fraction of sp³-hybridized carbons (Fsp3) is 0.176. The van der Waals surface area contributed by atoms with Gasteiger partial charge in [0.15, 0.2) is 0 Å². The first-order chi connectivity index (χ1) is 10.5. The Labute approximate surface area is 137 Å². The second kappa shape index (κ2) is 7.22. The number of carbonyl (C=O) groups is 2. The van der Waals surface area contributed by atoms with E-state index in [1.807, 2.05) is 24.3 Å². The molecular weight excluding hydrogens is 346 g/mol. The van der Waals surface area contributed by atoms with E-state index in [9.17, 15) is 9.59 Å². The maximum absolute atomic E-state index is 12.3. The fourth-order valence-electron chi connectivity index (χ4n) is 2.02. The molecule has 4 nitrogen and oxygen atoms in total. The molecule has 0 saturated carbocycles. The molecule has 0 saturated heterocycles. The molecule has 0 spiro atoms. The van der Waals surface area contributed by atoms with Crippen molar-refractivity contribution in [1.29, 1.82) is 0 Å². The molecule has 22 heavy (non-hydrogen) atoms. The van der Waals surface area contributed by atoms with Gasteiger partial charge < -0.3 is 9.64 Å². The number of esters is 1. The van der Waals surface area contributed by atoms with Crippen LogP contribution in [0.4, 0.5) is 0 Å². The third-order valence-corrected chi connectivity index (χ3v) is 3.76. The van der Waals surface area contributed by atoms with Crippen LogP contribution in [0.2, 0.25) is 0 Å². The molecule has 0 heterocycles. The predicted octanol–water partition coefficient (Wildman–Crippen LogP) is 3.51. The zero-order valence-corrected chi connectivity index (χ0v) is 14.0. The lowest BCUT2D eigenvalue weighted by Crippen LogP contribution is -2.26. The molecule has 0 atom stereocenters. The highest BCUT2D eigenvalue weighted by Gasteiger charge is 2.12. The molecule has 0 aromatic heterocycles. The van der Waals surface area contributed by atoms with Crippen molar-refractivity contribution < 1.29 is 14.3 Å². The van der Waals surface area contributed by atoms with E-state index in [0.29, 0.717) is 17.7 Å². The number of rotatable bonds is 4. The van der Waals surface area contributed by atoms with Gasteiger partial charge in [-0.3, -0.25) is 4.79 Å². The highest BCUT2D eigenvalue weighted by atomic mass is 79.9. The molecule has 0 bridgehead atoms. The molecule has 0 fully saturated rings. The Morgan fingerprint density at radius 1 is 1.00 bits per heavy atom. The summed E-state index contributed by atoms with van der Waals surface area (Å²) in [6, 6.07) is 14.3. The second-order valence-electron chi connectivity index (χ2n) is 4.86. The van der Waals surface area contributed by atoms with Crippen LogP contribution in [0.25, 0.3) is 0 Å². The van der Waals surface area contributed by atoms with Crippen LogP contribution in [0.5, 0.6) is 0 Å². The average molecular weight is 362 g/mol. The van der Waals surface area contributed by atoms with Gasteiger partial charge in [0.1, 0.15) is 0 Å². The number of hydrogen-bond donors (Lipinski definition) is 0. The van der Waals surface area contributed by atoms with Crippen LogP contribution >= 0.6 is 15.9 Å². The number of ether oxygens (including phenoxy) is 1. The molecule has 114 valence electrons. The number of amides is 1. The molecule has 2 aromatic rings. The molecule has 2 rings (SSSR count). The number of nitrogens with zero attached hydrogens (tertiary/aromatic N) is 1. The minimum absolute atomic E-state index is 0.0513. The summed E-state index contributed by atoms with van der Waals surface area (Å²) in [4.78, 5) is 25.3. The van der Waals surface area contributed by atoms with Gasteiger partial charge in [-0.05, 0) is 42.0 Å². The van der Waals surface area contributed by atoms with Gasteiger partial charge in [0, 0.05) is 23.6 Å². The first kappa shape index (κ1) is 16.2. The molecule has 0 aliphatic rings. The molecular formula is C17H16BrNO3. The monoisotopic (exact) mass is 361 g/mol. The maximum atomic E-state index is 12.3. The van der Waals surface area contributed by atoms with E-state index in [-0.39, 0.29) is 11.9 Å². The summed E-state index contributed by atoms with van der Waals surface area (Å²) < 4.78 is 5.59. The van der Waals surface area contributed by atoms with E-state index in [0.717, 1.165) is 10.0 Å². The molecule has 0 aliphatic heterocycles. The highest BCUT2D eigenvalue weighted by Crippen LogP contribution is 2.14. The lowest BCUT2D eigenvalue weighted by atomic mass is 10.1. The third-order valence-electron chi connectivity index (χ3n) is 3.23. The lowest BCUT2D eigenvalue weighted by molar-refractivity contribution is 0.0600. The average Bonchev–Trinajstić information content (AvgIpc) is 2.54. The predicted molar refractivity (Wildman–Crippen MR) is 87.7 cm³/mol. The summed E-state index contributed by atoms with van der Waals surface area (Å²) in [5.41, 5.74) is 2.07. The van der Waals surface area contributed by atoms with E-state index in [4.69, 9.17) is 0 Å². The van der Waals surface area contributed by atoms with E-state index in [1.54, 1.807) is 36.2 Å². The topological polar surface area (TPSA) is 46.6 Å². The maximum Gasteiger partial charge on any atom is 0.337 e. The summed E-state index contributed by atoms with van der Waals surface area (Å²) >= 11 is 3.35. The van der Waals surface area contributed by atoms with E-state index < -0.39 is 0 Å². The number of carbonyl (C=O) groups excluding carboxylic acids is 2. The van der Waals surface area contributed by atoms with Crippen molar-refractivity contribution in [2.24, 2.45) is 0 Å². The fourth-order valence-corrected chi connectivity index (χ4v) is 2.29. The van der Waals surface area contributed by atoms with Crippen LogP contribution in [0, 0.1) is 0 Å². The largest absolute Gasteiger partial charge is 0.465 e. The smallest absolute Gasteiger partial charge is 0.337 e. The lowest BCUT2D eigenvalue weighted by Gasteiger charge is -2.17. The Bertz CT molecular complexity index is 665. The van der Waals surface area contributed by atoms with Gasteiger partial charge in [0.2, 0.25) is 0 Å². The van der Waals surface area contributed by atoms with Gasteiger partial charge in [-0.15, -0.1) is 0 Å². The summed E-state index contributed by atoms with van der Waals surface area (Å²) in [5.74, 6) is -0.421. The number of methoxy groups -OCH3 is 1. The van der Waals surface area contributed by atoms with Crippen LogP contribution in [0.3, 0.4) is 0 Å². The van der Waals surface area contributed by atoms with Crippen molar-refractivity contribution >= 4 is 27.8 Å². The molecule has 0 radical (unpaired) electrons. The normalized spacial score (nSPS) is 10.1. The zero-order chi connectivity index (χ0) is 16.1. The van der Waals surface area contributed by atoms with Crippen LogP contribution < -0.4 is 0 Å². The number of benzene rings is 2. The van der Waals surface area contributed by atoms with Crippen molar-refractivity contribution in [3.63, 3.8) is 0 Å². The SMILES string of the molecule is COC(=O)c1ccc(CN(C)C(=O)c2ccc(Br)cc2)cc1. The van der Waals surface area contributed by atoms with Gasteiger partial charge in [-0.2, -0.15) is 0 Å². The Morgan fingerprint density at radius 3 is 2.09 bits per heavy atom. The Balaban J connectivity index is 2.05. The van der Waals surface area contributed by atoms with Crippen LogP contribution in [-0.2, 0) is 11.3 Å². The second-order valence-corrected chi connectivity index (χ2v) is 5.77. The van der Waals surface area contributed by atoms with E-state index in [2.05, 4.69) is 20.7 Å². The molecule has 5 heteroatoms.